The van der Waals surface area contributed by atoms with Crippen molar-refractivity contribution in [2.75, 3.05) is 14.2 Å². The van der Waals surface area contributed by atoms with Crippen LogP contribution < -0.4 is 9.47 Å². The summed E-state index contributed by atoms with van der Waals surface area (Å²) in [5.74, 6) is 1.31. The Morgan fingerprint density at radius 2 is 1.91 bits per heavy atom. The van der Waals surface area contributed by atoms with Crippen LogP contribution in [-0.4, -0.2) is 34.9 Å². The van der Waals surface area contributed by atoms with Gasteiger partial charge >= 0.3 is 0 Å². The van der Waals surface area contributed by atoms with Crippen LogP contribution in [0.5, 0.6) is 11.5 Å². The lowest BCUT2D eigenvalue weighted by molar-refractivity contribution is -0.125. The molecule has 1 aliphatic heterocycles. The lowest BCUT2D eigenvalue weighted by atomic mass is 10.1. The number of methoxy groups -OCH3 is 2. The van der Waals surface area contributed by atoms with E-state index in [4.69, 9.17) is 21.7 Å². The molecule has 1 aliphatic rings. The number of ether oxygens (including phenoxy) is 2. The molecule has 0 aromatic heterocycles. The Morgan fingerprint density at radius 1 is 1.23 bits per heavy atom. The molecule has 4 nitrogen and oxygen atoms in total. The summed E-state index contributed by atoms with van der Waals surface area (Å²) in [7, 11) is 3.20. The molecule has 1 saturated heterocycles. The molecule has 1 aromatic carbocycles. The molecule has 0 radical (unpaired) electrons. The summed E-state index contributed by atoms with van der Waals surface area (Å²) in [6.45, 7) is 5.90. The molecular weight excluding hydrogens is 318 g/mol. The van der Waals surface area contributed by atoms with Gasteiger partial charge in [0.2, 0.25) is 0 Å². The summed E-state index contributed by atoms with van der Waals surface area (Å²) in [5.41, 5.74) is 0.450. The minimum Gasteiger partial charge on any atom is -0.497 e. The molecule has 0 unspecified atom stereocenters. The van der Waals surface area contributed by atoms with Gasteiger partial charge in [0, 0.05) is 11.1 Å². The normalized spacial score (nSPS) is 17.3. The standard InChI is InChI=1S/C16H19NO3S2/c1-16(2,3)17-14(18)13(22-15(17)21)9-10-8-11(19-4)6-7-12(10)20-5/h6-9H,1-5H3. The zero-order valence-corrected chi connectivity index (χ0v) is 14.9. The number of carbonyl (C=O) groups is 1. The molecule has 0 aliphatic carbocycles. The third-order valence-electron chi connectivity index (χ3n) is 3.19. The first-order valence-corrected chi connectivity index (χ1v) is 8.00. The van der Waals surface area contributed by atoms with Crippen molar-refractivity contribution in [1.82, 2.24) is 4.90 Å². The van der Waals surface area contributed by atoms with Gasteiger partial charge in [-0.2, -0.15) is 0 Å². The predicted molar refractivity (Wildman–Crippen MR) is 94.3 cm³/mol. The maximum atomic E-state index is 12.6. The van der Waals surface area contributed by atoms with Crippen LogP contribution >= 0.6 is 24.0 Å². The number of thioether (sulfide) groups is 1. The van der Waals surface area contributed by atoms with Crippen molar-refractivity contribution in [2.24, 2.45) is 0 Å². The van der Waals surface area contributed by atoms with E-state index in [0.29, 0.717) is 20.7 Å². The molecule has 0 N–H and O–H groups in total. The van der Waals surface area contributed by atoms with E-state index in [9.17, 15) is 4.79 Å². The third kappa shape index (κ3) is 3.28. The third-order valence-corrected chi connectivity index (χ3v) is 4.49. The molecule has 1 heterocycles. The van der Waals surface area contributed by atoms with Crippen LogP contribution in [0.15, 0.2) is 23.1 Å². The molecule has 0 bridgehead atoms. The van der Waals surface area contributed by atoms with Crippen LogP contribution in [-0.2, 0) is 4.79 Å². The zero-order valence-electron chi connectivity index (χ0n) is 13.3. The minimum absolute atomic E-state index is 0.0765. The van der Waals surface area contributed by atoms with Crippen molar-refractivity contribution in [3.63, 3.8) is 0 Å². The average molecular weight is 337 g/mol. The highest BCUT2D eigenvalue weighted by Gasteiger charge is 2.39. The molecule has 22 heavy (non-hydrogen) atoms. The molecule has 0 atom stereocenters. The molecule has 0 spiro atoms. The fraction of sp³-hybridized carbons (Fsp3) is 0.375. The van der Waals surface area contributed by atoms with E-state index in [1.807, 2.05) is 39.0 Å². The summed E-state index contributed by atoms with van der Waals surface area (Å²) in [6.07, 6.45) is 1.80. The number of benzene rings is 1. The summed E-state index contributed by atoms with van der Waals surface area (Å²) in [5, 5.41) is 0. The number of thiocarbonyl (C=S) groups is 1. The van der Waals surface area contributed by atoms with Gasteiger partial charge in [0.1, 0.15) is 15.8 Å². The van der Waals surface area contributed by atoms with Crippen LogP contribution in [0.2, 0.25) is 0 Å². The SMILES string of the molecule is COc1ccc(OC)c(C=C2SC(=S)N(C(C)(C)C)C2=O)c1. The van der Waals surface area contributed by atoms with Crippen LogP contribution in [0.3, 0.4) is 0 Å². The van der Waals surface area contributed by atoms with E-state index >= 15 is 0 Å². The lowest BCUT2D eigenvalue weighted by Crippen LogP contribution is -2.44. The average Bonchev–Trinajstić information content (AvgIpc) is 2.72. The van der Waals surface area contributed by atoms with E-state index in [-0.39, 0.29) is 11.4 Å². The van der Waals surface area contributed by atoms with Crippen molar-refractivity contribution >= 4 is 40.3 Å². The number of nitrogens with zero attached hydrogens (tertiary/aromatic N) is 1. The van der Waals surface area contributed by atoms with Crippen LogP contribution in [0.4, 0.5) is 0 Å². The monoisotopic (exact) mass is 337 g/mol. The second-order valence-electron chi connectivity index (χ2n) is 5.80. The van der Waals surface area contributed by atoms with Gasteiger partial charge in [-0.05, 0) is 45.0 Å². The molecule has 1 amide bonds. The van der Waals surface area contributed by atoms with E-state index in [2.05, 4.69) is 0 Å². The largest absolute Gasteiger partial charge is 0.497 e. The van der Waals surface area contributed by atoms with Crippen LogP contribution in [0.1, 0.15) is 26.3 Å². The Labute approximate surface area is 140 Å². The molecule has 0 saturated carbocycles. The van der Waals surface area contributed by atoms with Crippen molar-refractivity contribution in [3.8, 4) is 11.5 Å². The highest BCUT2D eigenvalue weighted by molar-refractivity contribution is 8.26. The highest BCUT2D eigenvalue weighted by atomic mass is 32.2. The first kappa shape index (κ1) is 16.8. The second-order valence-corrected chi connectivity index (χ2v) is 7.47. The molecule has 118 valence electrons. The number of rotatable bonds is 3. The first-order chi connectivity index (χ1) is 10.3. The smallest absolute Gasteiger partial charge is 0.266 e. The maximum absolute atomic E-state index is 12.6. The van der Waals surface area contributed by atoms with Gasteiger partial charge in [-0.25, -0.2) is 0 Å². The molecule has 6 heteroatoms. The Kier molecular flexibility index (Phi) is 4.82. The number of hydrogen-bond donors (Lipinski definition) is 0. The molecule has 2 rings (SSSR count). The summed E-state index contributed by atoms with van der Waals surface area (Å²) in [4.78, 5) is 14.8. The van der Waals surface area contributed by atoms with Crippen molar-refractivity contribution in [2.45, 2.75) is 26.3 Å². The Bertz CT molecular complexity index is 647. The summed E-state index contributed by atoms with van der Waals surface area (Å²) >= 11 is 6.65. The van der Waals surface area contributed by atoms with Crippen molar-refractivity contribution in [3.05, 3.63) is 28.7 Å². The Balaban J connectivity index is 2.43. The van der Waals surface area contributed by atoms with Gasteiger partial charge < -0.3 is 9.47 Å². The number of carbonyl (C=O) groups excluding carboxylic acids is 1. The molecule has 1 fully saturated rings. The maximum Gasteiger partial charge on any atom is 0.266 e. The van der Waals surface area contributed by atoms with E-state index in [0.717, 1.165) is 5.56 Å². The Hall–Kier alpha value is -1.53. The topological polar surface area (TPSA) is 38.8 Å². The van der Waals surface area contributed by atoms with Crippen LogP contribution in [0.25, 0.3) is 6.08 Å². The zero-order chi connectivity index (χ0) is 16.5. The first-order valence-electron chi connectivity index (χ1n) is 6.78. The van der Waals surface area contributed by atoms with Gasteiger partial charge in [-0.15, -0.1) is 0 Å². The number of hydrogen-bond acceptors (Lipinski definition) is 5. The van der Waals surface area contributed by atoms with Crippen molar-refractivity contribution < 1.29 is 14.3 Å². The highest BCUT2D eigenvalue weighted by Crippen LogP contribution is 2.38. The second kappa shape index (κ2) is 6.30. The summed E-state index contributed by atoms with van der Waals surface area (Å²) in [6, 6.07) is 5.47. The fourth-order valence-corrected chi connectivity index (χ4v) is 3.77. The van der Waals surface area contributed by atoms with E-state index < -0.39 is 0 Å². The lowest BCUT2D eigenvalue weighted by Gasteiger charge is -2.30. The van der Waals surface area contributed by atoms with E-state index in [1.54, 1.807) is 25.2 Å². The summed E-state index contributed by atoms with van der Waals surface area (Å²) < 4.78 is 11.1. The van der Waals surface area contributed by atoms with Gasteiger partial charge in [0.15, 0.2) is 0 Å². The van der Waals surface area contributed by atoms with Gasteiger partial charge in [0.05, 0.1) is 19.1 Å². The van der Waals surface area contributed by atoms with E-state index in [1.165, 1.54) is 11.8 Å². The molecular formula is C16H19NO3S2. The van der Waals surface area contributed by atoms with Crippen LogP contribution in [0, 0.1) is 0 Å². The van der Waals surface area contributed by atoms with Gasteiger partial charge in [0.25, 0.3) is 5.91 Å². The minimum atomic E-state index is -0.338. The van der Waals surface area contributed by atoms with Crippen molar-refractivity contribution in [1.29, 1.82) is 0 Å². The number of amides is 1. The molecule has 1 aromatic rings. The fourth-order valence-electron chi connectivity index (χ4n) is 2.14. The Morgan fingerprint density at radius 3 is 2.41 bits per heavy atom. The van der Waals surface area contributed by atoms with Gasteiger partial charge in [-0.1, -0.05) is 24.0 Å². The quantitative estimate of drug-likeness (QED) is 0.621. The predicted octanol–water partition coefficient (Wildman–Crippen LogP) is 3.70. The van der Waals surface area contributed by atoms with Gasteiger partial charge in [-0.3, -0.25) is 9.69 Å².